The van der Waals surface area contributed by atoms with Gasteiger partial charge in [-0.3, -0.25) is 19.9 Å². The highest BCUT2D eigenvalue weighted by Gasteiger charge is 2.25. The molecule has 0 spiro atoms. The molecule has 0 unspecified atom stereocenters. The van der Waals surface area contributed by atoms with Crippen molar-refractivity contribution in [2.45, 2.75) is 13.0 Å². The molecule has 7 heteroatoms. The van der Waals surface area contributed by atoms with Gasteiger partial charge in [-0.15, -0.1) is 0 Å². The number of para-hydroxylation sites is 2. The van der Waals surface area contributed by atoms with Crippen LogP contribution in [-0.2, 0) is 13.0 Å². The minimum atomic E-state index is -0.492. The van der Waals surface area contributed by atoms with Crippen molar-refractivity contribution in [1.29, 1.82) is 0 Å². The summed E-state index contributed by atoms with van der Waals surface area (Å²) in [6, 6.07) is 15.2. The van der Waals surface area contributed by atoms with Gasteiger partial charge in [-0.2, -0.15) is 0 Å². The van der Waals surface area contributed by atoms with Gasteiger partial charge in [0.2, 0.25) is 5.75 Å². The molecule has 0 bridgehead atoms. The summed E-state index contributed by atoms with van der Waals surface area (Å²) >= 11 is 0. The number of hydrogen-bond acceptors (Lipinski definition) is 5. The van der Waals surface area contributed by atoms with Crippen molar-refractivity contribution in [2.24, 2.45) is 0 Å². The molecule has 2 heterocycles. The summed E-state index contributed by atoms with van der Waals surface area (Å²) < 4.78 is 5.72. The zero-order valence-electron chi connectivity index (χ0n) is 14.9. The second-order valence-electron chi connectivity index (χ2n) is 6.48. The predicted octanol–water partition coefficient (Wildman–Crippen LogP) is 3.98. The average molecular weight is 375 g/mol. The highest BCUT2D eigenvalue weighted by atomic mass is 16.6. The molecule has 1 aromatic heterocycles. The van der Waals surface area contributed by atoms with E-state index in [0.29, 0.717) is 24.4 Å². The lowest BCUT2D eigenvalue weighted by Gasteiger charge is -2.28. The summed E-state index contributed by atoms with van der Waals surface area (Å²) in [5, 5.41) is 11.2. The monoisotopic (exact) mass is 375 g/mol. The van der Waals surface area contributed by atoms with Crippen molar-refractivity contribution in [3.8, 4) is 11.5 Å². The van der Waals surface area contributed by atoms with Gasteiger partial charge < -0.3 is 9.64 Å². The molecule has 0 saturated carbocycles. The van der Waals surface area contributed by atoms with E-state index in [4.69, 9.17) is 4.74 Å². The van der Waals surface area contributed by atoms with Crippen LogP contribution in [0.5, 0.6) is 11.5 Å². The molecule has 1 amide bonds. The van der Waals surface area contributed by atoms with E-state index in [1.165, 1.54) is 12.1 Å². The fourth-order valence-corrected chi connectivity index (χ4v) is 3.25. The first-order valence-electron chi connectivity index (χ1n) is 8.84. The van der Waals surface area contributed by atoms with Gasteiger partial charge in [0.05, 0.1) is 4.92 Å². The largest absolute Gasteiger partial charge is 0.450 e. The molecular weight excluding hydrogens is 358 g/mol. The molecule has 0 atom stereocenters. The number of nitrogens with zero attached hydrogens (tertiary/aromatic N) is 3. The lowest BCUT2D eigenvalue weighted by Crippen LogP contribution is -2.37. The molecule has 2 aromatic carbocycles. The molecule has 0 N–H and O–H groups in total. The van der Waals surface area contributed by atoms with Crippen molar-refractivity contribution in [3.63, 3.8) is 0 Å². The number of pyridine rings is 1. The summed E-state index contributed by atoms with van der Waals surface area (Å²) in [5.41, 5.74) is 2.35. The molecule has 7 nitrogen and oxygen atoms in total. The Labute approximate surface area is 161 Å². The minimum Gasteiger partial charge on any atom is -0.450 e. The van der Waals surface area contributed by atoms with E-state index in [9.17, 15) is 14.9 Å². The van der Waals surface area contributed by atoms with Gasteiger partial charge in [-0.05, 0) is 41.8 Å². The van der Waals surface area contributed by atoms with E-state index in [1.807, 2.05) is 18.2 Å². The lowest BCUT2D eigenvalue weighted by molar-refractivity contribution is -0.385. The number of fused-ring (bicyclic) bond motifs is 1. The van der Waals surface area contributed by atoms with Crippen LogP contribution in [-0.4, -0.2) is 27.3 Å². The Kier molecular flexibility index (Phi) is 4.72. The standard InChI is InChI=1S/C21H17N3O4/c25-21-18-12-17(28-20-6-2-1-5-19(20)24(26)27)8-7-16(18)9-11-23(21)14-15-4-3-10-22-13-15/h1-8,10,12-13H,9,11,14H2. The van der Waals surface area contributed by atoms with Gasteiger partial charge in [0, 0.05) is 37.1 Å². The molecule has 140 valence electrons. The van der Waals surface area contributed by atoms with E-state index in [-0.39, 0.29) is 17.3 Å². The molecule has 1 aliphatic heterocycles. The third-order valence-corrected chi connectivity index (χ3v) is 4.64. The third kappa shape index (κ3) is 3.55. The molecule has 0 radical (unpaired) electrons. The Balaban J connectivity index is 1.58. The fourth-order valence-electron chi connectivity index (χ4n) is 3.25. The van der Waals surface area contributed by atoms with Gasteiger partial charge in [-0.25, -0.2) is 0 Å². The van der Waals surface area contributed by atoms with Crippen LogP contribution in [0.1, 0.15) is 21.5 Å². The summed E-state index contributed by atoms with van der Waals surface area (Å²) in [4.78, 5) is 29.5. The molecule has 0 aliphatic carbocycles. The van der Waals surface area contributed by atoms with E-state index < -0.39 is 4.92 Å². The molecule has 4 rings (SSSR count). The number of rotatable bonds is 5. The normalized spacial score (nSPS) is 13.1. The van der Waals surface area contributed by atoms with Gasteiger partial charge in [0.15, 0.2) is 0 Å². The summed E-state index contributed by atoms with van der Waals surface area (Å²) in [6.45, 7) is 1.12. The maximum atomic E-state index is 12.9. The highest BCUT2D eigenvalue weighted by Crippen LogP contribution is 2.33. The summed E-state index contributed by atoms with van der Waals surface area (Å²) in [7, 11) is 0. The second kappa shape index (κ2) is 7.48. The Morgan fingerprint density at radius 2 is 2.00 bits per heavy atom. The molecule has 3 aromatic rings. The smallest absolute Gasteiger partial charge is 0.311 e. The Bertz CT molecular complexity index is 1040. The molecule has 1 aliphatic rings. The van der Waals surface area contributed by atoms with E-state index in [2.05, 4.69) is 4.98 Å². The topological polar surface area (TPSA) is 85.6 Å². The Morgan fingerprint density at radius 1 is 1.14 bits per heavy atom. The maximum Gasteiger partial charge on any atom is 0.311 e. The van der Waals surface area contributed by atoms with Crippen LogP contribution in [0, 0.1) is 10.1 Å². The van der Waals surface area contributed by atoms with E-state index in [0.717, 1.165) is 17.5 Å². The van der Waals surface area contributed by atoms with Crippen molar-refractivity contribution in [3.05, 3.63) is 93.8 Å². The van der Waals surface area contributed by atoms with Gasteiger partial charge in [0.1, 0.15) is 5.75 Å². The lowest BCUT2D eigenvalue weighted by atomic mass is 9.98. The first-order chi connectivity index (χ1) is 13.6. The maximum absolute atomic E-state index is 12.9. The summed E-state index contributed by atoms with van der Waals surface area (Å²) in [5.74, 6) is 0.450. The number of carbonyl (C=O) groups is 1. The van der Waals surface area contributed by atoms with Crippen LogP contribution in [0.2, 0.25) is 0 Å². The number of carbonyl (C=O) groups excluding carboxylic acids is 1. The van der Waals surface area contributed by atoms with Crippen LogP contribution in [0.15, 0.2) is 67.0 Å². The van der Waals surface area contributed by atoms with Gasteiger partial charge >= 0.3 is 5.69 Å². The fraction of sp³-hybridized carbons (Fsp3) is 0.143. The average Bonchev–Trinajstić information content (AvgIpc) is 2.71. The molecule has 0 fully saturated rings. The molecule has 0 saturated heterocycles. The minimum absolute atomic E-state index is 0.0851. The predicted molar refractivity (Wildman–Crippen MR) is 102 cm³/mol. The van der Waals surface area contributed by atoms with Crippen molar-refractivity contribution in [1.82, 2.24) is 9.88 Å². The SMILES string of the molecule is O=C1c2cc(Oc3ccccc3[N+](=O)[O-])ccc2CCN1Cc1cccnc1. The number of nitro groups is 1. The number of benzene rings is 2. The van der Waals surface area contributed by atoms with Crippen molar-refractivity contribution >= 4 is 11.6 Å². The van der Waals surface area contributed by atoms with Crippen LogP contribution < -0.4 is 4.74 Å². The Hall–Kier alpha value is -3.74. The van der Waals surface area contributed by atoms with Gasteiger partial charge in [0.25, 0.3) is 5.91 Å². The second-order valence-corrected chi connectivity index (χ2v) is 6.48. The molecular formula is C21H17N3O4. The van der Waals surface area contributed by atoms with Crippen molar-refractivity contribution < 1.29 is 14.5 Å². The first-order valence-corrected chi connectivity index (χ1v) is 8.84. The van der Waals surface area contributed by atoms with Crippen LogP contribution >= 0.6 is 0 Å². The third-order valence-electron chi connectivity index (χ3n) is 4.64. The van der Waals surface area contributed by atoms with Gasteiger partial charge in [-0.1, -0.05) is 24.3 Å². The van der Waals surface area contributed by atoms with Crippen LogP contribution in [0.25, 0.3) is 0 Å². The zero-order valence-corrected chi connectivity index (χ0v) is 14.9. The van der Waals surface area contributed by atoms with Crippen LogP contribution in [0.4, 0.5) is 5.69 Å². The van der Waals surface area contributed by atoms with E-state index in [1.54, 1.807) is 41.6 Å². The number of hydrogen-bond donors (Lipinski definition) is 0. The number of amides is 1. The van der Waals surface area contributed by atoms with Crippen molar-refractivity contribution in [2.75, 3.05) is 6.54 Å². The number of nitro benzene ring substituents is 1. The number of ether oxygens (including phenoxy) is 1. The van der Waals surface area contributed by atoms with Crippen LogP contribution in [0.3, 0.4) is 0 Å². The zero-order chi connectivity index (χ0) is 19.5. The first kappa shape index (κ1) is 17.7. The number of aromatic nitrogens is 1. The summed E-state index contributed by atoms with van der Waals surface area (Å²) in [6.07, 6.45) is 4.19. The quantitative estimate of drug-likeness (QED) is 0.497. The van der Waals surface area contributed by atoms with E-state index >= 15 is 0 Å². The molecule has 28 heavy (non-hydrogen) atoms. The Morgan fingerprint density at radius 3 is 2.79 bits per heavy atom. The highest BCUT2D eigenvalue weighted by molar-refractivity contribution is 5.97.